The van der Waals surface area contributed by atoms with Crippen molar-refractivity contribution in [3.05, 3.63) is 39.0 Å². The second-order valence-electron chi connectivity index (χ2n) is 6.26. The summed E-state index contributed by atoms with van der Waals surface area (Å²) in [7, 11) is 2.81. The van der Waals surface area contributed by atoms with E-state index in [2.05, 4.69) is 27.9 Å². The first-order valence-electron chi connectivity index (χ1n) is 7.57. The van der Waals surface area contributed by atoms with E-state index in [1.165, 1.54) is 18.1 Å². The van der Waals surface area contributed by atoms with Gasteiger partial charge in [0.1, 0.15) is 5.41 Å². The number of fused-ring (bicyclic) bond motifs is 4. The number of esters is 1. The van der Waals surface area contributed by atoms with Crippen molar-refractivity contribution in [2.45, 2.75) is 5.41 Å². The van der Waals surface area contributed by atoms with E-state index in [0.29, 0.717) is 11.3 Å². The third-order valence-electron chi connectivity index (χ3n) is 5.22. The number of likely N-dealkylation sites (N-methyl/N-ethyl adjacent to an activating group) is 1. The Kier molecular flexibility index (Phi) is 3.34. The Hall–Kier alpha value is -2.23. The van der Waals surface area contributed by atoms with Crippen LogP contribution >= 0.6 is 22.6 Å². The summed E-state index contributed by atoms with van der Waals surface area (Å²) in [5.41, 5.74) is -0.293. The Labute approximate surface area is 156 Å². The number of methoxy groups -OCH3 is 1. The number of hydrogen-bond donors (Lipinski definition) is 1. The monoisotopic (exact) mass is 452 g/mol. The topological polar surface area (TPSA) is 92.8 Å². The smallest absolute Gasteiger partial charge is 0.334 e. The molecule has 0 radical (unpaired) electrons. The van der Waals surface area contributed by atoms with E-state index in [0.717, 1.165) is 3.57 Å². The molecule has 0 saturated carbocycles. The molecule has 1 saturated heterocycles. The van der Waals surface area contributed by atoms with Crippen molar-refractivity contribution in [1.29, 1.82) is 0 Å². The molecular formula is C17H13IN2O5. The number of benzene rings is 1. The highest BCUT2D eigenvalue weighted by atomic mass is 127. The van der Waals surface area contributed by atoms with Crippen molar-refractivity contribution in [3.8, 4) is 0 Å². The number of amides is 3. The van der Waals surface area contributed by atoms with Crippen LogP contribution in [0.2, 0.25) is 0 Å². The SMILES string of the molecule is COC(=O)C1=C[C@@H]2C(=O)NC(=O)[C@@H]2[C@]12C(=O)N(C)c1ccc(I)cc12. The van der Waals surface area contributed by atoms with Crippen LogP contribution in [0.25, 0.3) is 0 Å². The molecule has 1 spiro atoms. The Morgan fingerprint density at radius 2 is 2.00 bits per heavy atom. The van der Waals surface area contributed by atoms with Crippen molar-refractivity contribution in [2.24, 2.45) is 11.8 Å². The lowest BCUT2D eigenvalue weighted by Gasteiger charge is -2.30. The first-order valence-corrected chi connectivity index (χ1v) is 8.65. The predicted molar refractivity (Wildman–Crippen MR) is 94.5 cm³/mol. The first-order chi connectivity index (χ1) is 11.8. The van der Waals surface area contributed by atoms with E-state index >= 15 is 0 Å². The van der Waals surface area contributed by atoms with Gasteiger partial charge in [-0.25, -0.2) is 4.79 Å². The predicted octanol–water partition coefficient (Wildman–Crippen LogP) is 0.507. The lowest BCUT2D eigenvalue weighted by atomic mass is 9.68. The largest absolute Gasteiger partial charge is 0.466 e. The highest BCUT2D eigenvalue weighted by Crippen LogP contribution is 2.58. The fourth-order valence-corrected chi connectivity index (χ4v) is 4.71. The lowest BCUT2D eigenvalue weighted by molar-refractivity contribution is -0.139. The molecule has 1 aromatic rings. The molecule has 128 valence electrons. The second-order valence-corrected chi connectivity index (χ2v) is 7.51. The van der Waals surface area contributed by atoms with Crippen LogP contribution in [0.15, 0.2) is 29.8 Å². The minimum Gasteiger partial charge on any atom is -0.466 e. The summed E-state index contributed by atoms with van der Waals surface area (Å²) in [5, 5.41) is 2.28. The van der Waals surface area contributed by atoms with E-state index in [4.69, 9.17) is 4.74 Å². The van der Waals surface area contributed by atoms with E-state index in [9.17, 15) is 19.2 Å². The van der Waals surface area contributed by atoms with E-state index in [-0.39, 0.29) is 5.57 Å². The summed E-state index contributed by atoms with van der Waals surface area (Å²) in [5.74, 6) is -3.99. The van der Waals surface area contributed by atoms with Crippen LogP contribution in [0, 0.1) is 15.4 Å². The molecule has 2 heterocycles. The number of carbonyl (C=O) groups excluding carboxylic acids is 4. The number of rotatable bonds is 1. The van der Waals surface area contributed by atoms with Gasteiger partial charge in [0.2, 0.25) is 17.7 Å². The van der Waals surface area contributed by atoms with Gasteiger partial charge in [0.05, 0.1) is 24.5 Å². The standard InChI is InChI=1S/C17H13IN2O5/c1-20-11-4-3-7(18)5-9(11)17(16(20)24)10(15(23)25-2)6-8-12(17)14(22)19-13(8)21/h3-6,8,12H,1-2H3,(H,19,21,22)/t8-,12+,17+/m0/s1. The van der Waals surface area contributed by atoms with E-state index in [1.807, 2.05) is 6.07 Å². The highest BCUT2D eigenvalue weighted by molar-refractivity contribution is 14.1. The third kappa shape index (κ3) is 1.80. The fraction of sp³-hybridized carbons (Fsp3) is 0.294. The van der Waals surface area contributed by atoms with Gasteiger partial charge in [-0.1, -0.05) is 6.08 Å². The van der Waals surface area contributed by atoms with Gasteiger partial charge in [0, 0.05) is 16.3 Å². The van der Waals surface area contributed by atoms with Gasteiger partial charge < -0.3 is 9.64 Å². The minimum absolute atomic E-state index is 0.0609. The van der Waals surface area contributed by atoms with Crippen LogP contribution in [-0.4, -0.2) is 37.8 Å². The van der Waals surface area contributed by atoms with Gasteiger partial charge in [0.25, 0.3) is 0 Å². The van der Waals surface area contributed by atoms with Gasteiger partial charge in [-0.15, -0.1) is 0 Å². The molecule has 3 amide bonds. The molecule has 3 aliphatic rings. The summed E-state index contributed by atoms with van der Waals surface area (Å²) >= 11 is 2.11. The van der Waals surface area contributed by atoms with Gasteiger partial charge in [0.15, 0.2) is 0 Å². The number of nitrogens with zero attached hydrogens (tertiary/aromatic N) is 1. The van der Waals surface area contributed by atoms with Crippen molar-refractivity contribution in [3.63, 3.8) is 0 Å². The van der Waals surface area contributed by atoms with Crippen LogP contribution in [0.1, 0.15) is 5.56 Å². The molecule has 8 heteroatoms. The average Bonchev–Trinajstić information content (AvgIpc) is 3.15. The Balaban J connectivity index is 2.07. The number of nitrogens with one attached hydrogen (secondary N) is 1. The Morgan fingerprint density at radius 1 is 1.28 bits per heavy atom. The molecule has 4 rings (SSSR count). The fourth-order valence-electron chi connectivity index (χ4n) is 4.22. The molecule has 1 aromatic carbocycles. The number of anilines is 1. The normalized spacial score (nSPS) is 29.6. The second kappa shape index (κ2) is 5.13. The summed E-state index contributed by atoms with van der Waals surface area (Å²) in [4.78, 5) is 51.9. The number of hydrogen-bond acceptors (Lipinski definition) is 5. The average molecular weight is 452 g/mol. The zero-order chi connectivity index (χ0) is 18.1. The van der Waals surface area contributed by atoms with Crippen LogP contribution < -0.4 is 10.2 Å². The maximum atomic E-state index is 13.3. The van der Waals surface area contributed by atoms with Gasteiger partial charge in [-0.2, -0.15) is 0 Å². The van der Waals surface area contributed by atoms with Crippen molar-refractivity contribution >= 4 is 52.0 Å². The zero-order valence-electron chi connectivity index (χ0n) is 13.3. The van der Waals surface area contributed by atoms with Crippen molar-refractivity contribution in [1.82, 2.24) is 5.32 Å². The molecule has 1 N–H and O–H groups in total. The highest BCUT2D eigenvalue weighted by Gasteiger charge is 2.69. The Bertz CT molecular complexity index is 908. The molecule has 7 nitrogen and oxygen atoms in total. The molecule has 0 unspecified atom stereocenters. The summed E-state index contributed by atoms with van der Waals surface area (Å²) in [6.07, 6.45) is 1.41. The summed E-state index contributed by atoms with van der Waals surface area (Å²) in [6, 6.07) is 5.41. The summed E-state index contributed by atoms with van der Waals surface area (Å²) in [6.45, 7) is 0. The molecule has 0 bridgehead atoms. The number of imide groups is 1. The number of ether oxygens (including phenoxy) is 1. The van der Waals surface area contributed by atoms with E-state index in [1.54, 1.807) is 19.2 Å². The minimum atomic E-state index is -1.53. The molecule has 1 aliphatic carbocycles. The van der Waals surface area contributed by atoms with Crippen LogP contribution in [0.5, 0.6) is 0 Å². The zero-order valence-corrected chi connectivity index (χ0v) is 15.5. The molecule has 1 fully saturated rings. The number of halogens is 1. The summed E-state index contributed by atoms with van der Waals surface area (Å²) < 4.78 is 5.72. The lowest BCUT2D eigenvalue weighted by Crippen LogP contribution is -2.49. The van der Waals surface area contributed by atoms with Gasteiger partial charge >= 0.3 is 5.97 Å². The van der Waals surface area contributed by atoms with Crippen molar-refractivity contribution < 1.29 is 23.9 Å². The first kappa shape index (κ1) is 16.2. The van der Waals surface area contributed by atoms with Crippen LogP contribution in [0.3, 0.4) is 0 Å². The van der Waals surface area contributed by atoms with E-state index < -0.39 is 40.9 Å². The maximum absolute atomic E-state index is 13.3. The van der Waals surface area contributed by atoms with Crippen LogP contribution in [0.4, 0.5) is 5.69 Å². The molecule has 0 aromatic heterocycles. The third-order valence-corrected chi connectivity index (χ3v) is 5.89. The number of carbonyl (C=O) groups is 4. The quantitative estimate of drug-likeness (QED) is 0.381. The molecule has 2 aliphatic heterocycles. The molecule has 3 atom stereocenters. The van der Waals surface area contributed by atoms with Gasteiger partial charge in [-0.05, 0) is 46.4 Å². The van der Waals surface area contributed by atoms with Gasteiger partial charge in [-0.3, -0.25) is 19.7 Å². The van der Waals surface area contributed by atoms with Crippen LogP contribution in [-0.2, 0) is 29.3 Å². The Morgan fingerprint density at radius 3 is 2.68 bits per heavy atom. The molecular weight excluding hydrogens is 439 g/mol. The van der Waals surface area contributed by atoms with Crippen molar-refractivity contribution in [2.75, 3.05) is 19.1 Å². The maximum Gasteiger partial charge on any atom is 0.334 e. The molecule has 25 heavy (non-hydrogen) atoms.